The van der Waals surface area contributed by atoms with Crippen molar-refractivity contribution in [1.82, 2.24) is 0 Å². The van der Waals surface area contributed by atoms with Crippen LogP contribution in [0.4, 0.5) is 10.1 Å². The molecule has 0 bridgehead atoms. The molecule has 4 heteroatoms. The van der Waals surface area contributed by atoms with Crippen molar-refractivity contribution in [3.8, 4) is 0 Å². The number of carbonyl (C=O) groups excluding carboxylic acids is 1. The van der Waals surface area contributed by atoms with Gasteiger partial charge in [-0.1, -0.05) is 19.8 Å². The van der Waals surface area contributed by atoms with Crippen LogP contribution in [0.3, 0.4) is 0 Å². The average Bonchev–Trinajstić information content (AvgIpc) is 2.29. The van der Waals surface area contributed by atoms with Crippen LogP contribution in [0.2, 0.25) is 0 Å². The lowest BCUT2D eigenvalue weighted by atomic mass is 10.1. The second-order valence-electron chi connectivity index (χ2n) is 3.74. The number of halogens is 1. The Morgan fingerprint density at radius 3 is 2.62 bits per heavy atom. The Bertz CT molecular complexity index is 337. The van der Waals surface area contributed by atoms with Gasteiger partial charge in [-0.2, -0.15) is 0 Å². The molecule has 0 spiro atoms. The maximum absolute atomic E-state index is 12.6. The Morgan fingerprint density at radius 2 is 2.06 bits per heavy atom. The molecule has 0 aliphatic rings. The Morgan fingerprint density at radius 1 is 1.44 bits per heavy atom. The van der Waals surface area contributed by atoms with Crippen LogP contribution in [0.25, 0.3) is 0 Å². The minimum atomic E-state index is -0.495. The molecule has 1 aromatic rings. The Labute approximate surface area is 94.8 Å². The summed E-state index contributed by atoms with van der Waals surface area (Å²) in [4.78, 5) is 11.6. The van der Waals surface area contributed by atoms with E-state index in [0.29, 0.717) is 12.1 Å². The SMILES string of the molecule is CCCC[C@H](N)C(=O)Nc1ccc(F)cc1. The van der Waals surface area contributed by atoms with Crippen LogP contribution < -0.4 is 11.1 Å². The summed E-state index contributed by atoms with van der Waals surface area (Å²) in [6.45, 7) is 2.05. The summed E-state index contributed by atoms with van der Waals surface area (Å²) in [6, 6.07) is 5.13. The fraction of sp³-hybridized carbons (Fsp3) is 0.417. The van der Waals surface area contributed by atoms with E-state index in [1.807, 2.05) is 6.92 Å². The van der Waals surface area contributed by atoms with Gasteiger partial charge in [0.1, 0.15) is 5.82 Å². The minimum Gasteiger partial charge on any atom is -0.325 e. The second kappa shape index (κ2) is 6.23. The summed E-state index contributed by atoms with van der Waals surface area (Å²) in [6.07, 6.45) is 2.61. The highest BCUT2D eigenvalue weighted by Crippen LogP contribution is 2.09. The first kappa shape index (κ1) is 12.6. The molecular weight excluding hydrogens is 207 g/mol. The van der Waals surface area contributed by atoms with Gasteiger partial charge in [-0.15, -0.1) is 0 Å². The van der Waals surface area contributed by atoms with Gasteiger partial charge in [0.05, 0.1) is 6.04 Å². The zero-order valence-corrected chi connectivity index (χ0v) is 9.37. The molecule has 0 unspecified atom stereocenters. The number of carbonyl (C=O) groups is 1. The van der Waals surface area contributed by atoms with Crippen LogP contribution in [0, 0.1) is 5.82 Å². The number of hydrogen-bond acceptors (Lipinski definition) is 2. The molecule has 1 rings (SSSR count). The summed E-state index contributed by atoms with van der Waals surface area (Å²) >= 11 is 0. The molecule has 16 heavy (non-hydrogen) atoms. The Hall–Kier alpha value is -1.42. The van der Waals surface area contributed by atoms with Gasteiger partial charge in [0, 0.05) is 5.69 Å². The van der Waals surface area contributed by atoms with Crippen molar-refractivity contribution < 1.29 is 9.18 Å². The molecule has 0 saturated carbocycles. The van der Waals surface area contributed by atoms with Gasteiger partial charge in [-0.25, -0.2) is 4.39 Å². The first-order valence-corrected chi connectivity index (χ1v) is 5.45. The van der Waals surface area contributed by atoms with E-state index in [2.05, 4.69) is 5.32 Å². The summed E-state index contributed by atoms with van der Waals surface area (Å²) in [7, 11) is 0. The summed E-state index contributed by atoms with van der Waals surface area (Å²) in [5.41, 5.74) is 6.26. The van der Waals surface area contributed by atoms with Crippen LogP contribution in [-0.4, -0.2) is 11.9 Å². The summed E-state index contributed by atoms with van der Waals surface area (Å²) < 4.78 is 12.6. The van der Waals surface area contributed by atoms with Crippen molar-refractivity contribution in [1.29, 1.82) is 0 Å². The van der Waals surface area contributed by atoms with Gasteiger partial charge in [0.25, 0.3) is 0 Å². The number of nitrogens with one attached hydrogen (secondary N) is 1. The number of nitrogens with two attached hydrogens (primary N) is 1. The molecule has 1 aromatic carbocycles. The predicted molar refractivity (Wildman–Crippen MR) is 62.5 cm³/mol. The molecule has 3 nitrogen and oxygen atoms in total. The first-order chi connectivity index (χ1) is 7.63. The largest absolute Gasteiger partial charge is 0.325 e. The molecule has 0 heterocycles. The number of anilines is 1. The highest BCUT2D eigenvalue weighted by molar-refractivity contribution is 5.94. The lowest BCUT2D eigenvalue weighted by Gasteiger charge is -2.11. The van der Waals surface area contributed by atoms with Crippen LogP contribution >= 0.6 is 0 Å². The molecular formula is C12H17FN2O. The Balaban J connectivity index is 2.47. The van der Waals surface area contributed by atoms with E-state index in [1.54, 1.807) is 0 Å². The monoisotopic (exact) mass is 224 g/mol. The highest BCUT2D eigenvalue weighted by Gasteiger charge is 2.12. The lowest BCUT2D eigenvalue weighted by Crippen LogP contribution is -2.35. The van der Waals surface area contributed by atoms with E-state index in [4.69, 9.17) is 5.73 Å². The maximum Gasteiger partial charge on any atom is 0.241 e. The van der Waals surface area contributed by atoms with Gasteiger partial charge in [0.15, 0.2) is 0 Å². The van der Waals surface area contributed by atoms with Gasteiger partial charge >= 0.3 is 0 Å². The van der Waals surface area contributed by atoms with Gasteiger partial charge in [-0.05, 0) is 30.7 Å². The number of benzene rings is 1. The summed E-state index contributed by atoms with van der Waals surface area (Å²) in [5, 5.41) is 2.65. The maximum atomic E-state index is 12.6. The molecule has 0 aromatic heterocycles. The van der Waals surface area contributed by atoms with E-state index in [-0.39, 0.29) is 11.7 Å². The minimum absolute atomic E-state index is 0.222. The van der Waals surface area contributed by atoms with Crippen molar-refractivity contribution in [2.24, 2.45) is 5.73 Å². The van der Waals surface area contributed by atoms with Crippen molar-refractivity contribution in [2.75, 3.05) is 5.32 Å². The van der Waals surface area contributed by atoms with Gasteiger partial charge < -0.3 is 11.1 Å². The topological polar surface area (TPSA) is 55.1 Å². The molecule has 1 amide bonds. The predicted octanol–water partition coefficient (Wildman–Crippen LogP) is 2.28. The third-order valence-electron chi connectivity index (χ3n) is 2.32. The van der Waals surface area contributed by atoms with E-state index in [0.717, 1.165) is 12.8 Å². The standard InChI is InChI=1S/C12H17FN2O/c1-2-3-4-11(14)12(16)15-10-7-5-9(13)6-8-10/h5-8,11H,2-4,14H2,1H3,(H,15,16)/t11-/m0/s1. The fourth-order valence-electron chi connectivity index (χ4n) is 1.32. The molecule has 0 radical (unpaired) electrons. The normalized spacial score (nSPS) is 12.2. The molecule has 1 atom stereocenters. The second-order valence-corrected chi connectivity index (χ2v) is 3.74. The third kappa shape index (κ3) is 3.98. The van der Waals surface area contributed by atoms with Crippen LogP contribution in [0.15, 0.2) is 24.3 Å². The van der Waals surface area contributed by atoms with Crippen LogP contribution in [0.5, 0.6) is 0 Å². The molecule has 0 aliphatic heterocycles. The zero-order valence-electron chi connectivity index (χ0n) is 9.37. The Kier molecular flexibility index (Phi) is 4.92. The number of rotatable bonds is 5. The molecule has 3 N–H and O–H groups in total. The number of unbranched alkanes of at least 4 members (excludes halogenated alkanes) is 1. The number of amides is 1. The number of hydrogen-bond donors (Lipinski definition) is 2. The van der Waals surface area contributed by atoms with Crippen molar-refractivity contribution >= 4 is 11.6 Å². The molecule has 88 valence electrons. The third-order valence-corrected chi connectivity index (χ3v) is 2.32. The van der Waals surface area contributed by atoms with Crippen molar-refractivity contribution in [3.05, 3.63) is 30.1 Å². The van der Waals surface area contributed by atoms with Crippen LogP contribution in [-0.2, 0) is 4.79 Å². The lowest BCUT2D eigenvalue weighted by molar-refractivity contribution is -0.117. The van der Waals surface area contributed by atoms with E-state index < -0.39 is 6.04 Å². The molecule has 0 aliphatic carbocycles. The first-order valence-electron chi connectivity index (χ1n) is 5.45. The van der Waals surface area contributed by atoms with Gasteiger partial charge in [-0.3, -0.25) is 4.79 Å². The van der Waals surface area contributed by atoms with Crippen molar-refractivity contribution in [2.45, 2.75) is 32.2 Å². The quantitative estimate of drug-likeness (QED) is 0.806. The van der Waals surface area contributed by atoms with Gasteiger partial charge in [0.2, 0.25) is 5.91 Å². The van der Waals surface area contributed by atoms with Crippen molar-refractivity contribution in [3.63, 3.8) is 0 Å². The smallest absolute Gasteiger partial charge is 0.241 e. The van der Waals surface area contributed by atoms with E-state index in [9.17, 15) is 9.18 Å². The average molecular weight is 224 g/mol. The van der Waals surface area contributed by atoms with Crippen LogP contribution in [0.1, 0.15) is 26.2 Å². The summed E-state index contributed by atoms with van der Waals surface area (Å²) in [5.74, 6) is -0.548. The fourth-order valence-corrected chi connectivity index (χ4v) is 1.32. The van der Waals surface area contributed by atoms with E-state index >= 15 is 0 Å². The molecule has 0 saturated heterocycles. The van der Waals surface area contributed by atoms with E-state index in [1.165, 1.54) is 24.3 Å². The zero-order chi connectivity index (χ0) is 12.0. The highest BCUT2D eigenvalue weighted by atomic mass is 19.1. The molecule has 0 fully saturated rings.